The van der Waals surface area contributed by atoms with Crippen molar-refractivity contribution in [3.8, 4) is 66.8 Å². The highest BCUT2D eigenvalue weighted by Crippen LogP contribution is 2.53. The Morgan fingerprint density at radius 2 is 0.500 bits per heavy atom. The highest BCUT2D eigenvalue weighted by Gasteiger charge is 2.33. The Morgan fingerprint density at radius 3 is 0.784 bits per heavy atom. The van der Waals surface area contributed by atoms with E-state index in [1.54, 1.807) is 0 Å². The van der Waals surface area contributed by atoms with Gasteiger partial charge in [0.25, 0.3) is 0 Å². The minimum absolute atomic E-state index is 0.796. The summed E-state index contributed by atoms with van der Waals surface area (Å²) in [5.41, 5.74) is 23.1. The summed E-state index contributed by atoms with van der Waals surface area (Å²) in [5, 5.41) is 0. The second-order valence-electron chi connectivity index (χ2n) is 18.4. The fourth-order valence-electron chi connectivity index (χ4n) is 10.9. The molecular formula is C68H46N4S2. The Kier molecular flexibility index (Phi) is 11.7. The van der Waals surface area contributed by atoms with Gasteiger partial charge in [0.15, 0.2) is 0 Å². The molecule has 350 valence electrons. The molecule has 2 aliphatic rings. The van der Waals surface area contributed by atoms with Gasteiger partial charge in [-0.15, -0.1) is 0 Å². The maximum atomic E-state index is 6.24. The summed E-state index contributed by atoms with van der Waals surface area (Å²) in [7, 11) is 0. The van der Waals surface area contributed by atoms with E-state index in [4.69, 9.17) is 35.6 Å². The molecule has 6 heteroatoms. The van der Waals surface area contributed by atoms with E-state index in [0.717, 1.165) is 134 Å². The lowest BCUT2D eigenvalue weighted by Gasteiger charge is -2.15. The van der Waals surface area contributed by atoms with Crippen LogP contribution in [0.25, 0.3) is 112 Å². The van der Waals surface area contributed by atoms with E-state index in [1.165, 1.54) is 0 Å². The van der Waals surface area contributed by atoms with Crippen molar-refractivity contribution < 1.29 is 0 Å². The van der Waals surface area contributed by atoms with Crippen LogP contribution in [0.5, 0.6) is 0 Å². The topological polar surface area (TPSA) is 35.6 Å². The molecule has 8 bridgehead atoms. The van der Waals surface area contributed by atoms with Crippen molar-refractivity contribution in [2.45, 2.75) is 0 Å². The maximum absolute atomic E-state index is 6.24. The van der Waals surface area contributed by atoms with Crippen LogP contribution in [-0.4, -0.2) is 17.9 Å². The summed E-state index contributed by atoms with van der Waals surface area (Å²) < 4.78 is 4.16. The third-order valence-corrected chi connectivity index (χ3v) is 14.8. The molecule has 2 aliphatic heterocycles. The summed E-state index contributed by atoms with van der Waals surface area (Å²) in [5.74, 6) is 0. The average Bonchev–Trinajstić information content (AvgIpc) is 4.23. The van der Waals surface area contributed by atoms with Crippen LogP contribution in [0.3, 0.4) is 0 Å². The minimum Gasteiger partial charge on any atom is -0.285 e. The zero-order chi connectivity index (χ0) is 49.5. The number of rotatable bonds is 8. The van der Waals surface area contributed by atoms with Gasteiger partial charge in [-0.25, -0.2) is 9.97 Å². The zero-order valence-electron chi connectivity index (χ0n) is 40.1. The summed E-state index contributed by atoms with van der Waals surface area (Å²) in [6.45, 7) is 0. The summed E-state index contributed by atoms with van der Waals surface area (Å²) in [4.78, 5) is 11.6. The molecule has 8 aromatic carbocycles. The number of nitrogens with zero attached hydrogens (tertiary/aromatic N) is 4. The van der Waals surface area contributed by atoms with Gasteiger partial charge in [-0.2, -0.15) is 0 Å². The van der Waals surface area contributed by atoms with Crippen LogP contribution in [0.1, 0.15) is 33.9 Å². The predicted octanol–water partition coefficient (Wildman–Crippen LogP) is 17.8. The second kappa shape index (κ2) is 19.2. The fraction of sp³-hybridized carbons (Fsp3) is 0. The molecule has 0 fully saturated rings. The summed E-state index contributed by atoms with van der Waals surface area (Å²) in [6.07, 6.45) is 4.20. The second-order valence-corrected chi connectivity index (χ2v) is 19.2. The van der Waals surface area contributed by atoms with Gasteiger partial charge in [-0.05, 0) is 68.8 Å². The first kappa shape index (κ1) is 45.0. The highest BCUT2D eigenvalue weighted by atomic mass is 32.1. The summed E-state index contributed by atoms with van der Waals surface area (Å²) in [6, 6.07) is 90.0. The van der Waals surface area contributed by atoms with E-state index in [-0.39, 0.29) is 0 Å². The quantitative estimate of drug-likeness (QED) is 0.149. The van der Waals surface area contributed by atoms with Crippen LogP contribution in [0, 0.1) is 0 Å². The van der Waals surface area contributed by atoms with Crippen molar-refractivity contribution in [3.63, 3.8) is 0 Å². The number of aromatic nitrogens is 4. The Bertz CT molecular complexity index is 3870. The van der Waals surface area contributed by atoms with Crippen molar-refractivity contribution in [2.24, 2.45) is 0 Å². The largest absolute Gasteiger partial charge is 0.285 e. The number of hydrogen-bond donors (Lipinski definition) is 2. The zero-order valence-corrected chi connectivity index (χ0v) is 41.9. The number of benzene rings is 8. The number of thiol groups is 2. The molecule has 74 heavy (non-hydrogen) atoms. The van der Waals surface area contributed by atoms with E-state index in [0.29, 0.717) is 0 Å². The minimum atomic E-state index is 0.796. The van der Waals surface area contributed by atoms with Gasteiger partial charge >= 0.3 is 0 Å². The maximum Gasteiger partial charge on any atom is 0.0822 e. The normalized spacial score (nSPS) is 12.1. The van der Waals surface area contributed by atoms with Crippen molar-refractivity contribution in [2.75, 3.05) is 0 Å². The summed E-state index contributed by atoms with van der Waals surface area (Å²) >= 11 is 11.3. The fourth-order valence-corrected chi connectivity index (χ4v) is 11.6. The molecule has 0 N–H and O–H groups in total. The molecule has 0 atom stereocenters. The number of fused-ring (bicyclic) bond motifs is 8. The molecule has 0 spiro atoms. The standard InChI is InChI=1S/C68H46N4S2/c73-71-55-43-53-41-42-54(69-53)44-56-58(46-27-11-2-12-28-46)62(50-35-19-6-20-36-50)68(72(56)74)64(52-39-23-8-24-40-52)66-60(48-31-15-4-16-32-48)59(47-29-13-3-14-30-47)65(70-66)63(51-37-21-7-22-38-51)67(71)61(49-33-17-5-18-34-49)57(55)45-25-9-1-10-26-45/h1-44,73-74H. The average molecular weight is 983 g/mol. The molecule has 0 saturated carbocycles. The lowest BCUT2D eigenvalue weighted by molar-refractivity contribution is 1.29. The van der Waals surface area contributed by atoms with Gasteiger partial charge in [0, 0.05) is 44.5 Å². The predicted molar refractivity (Wildman–Crippen MR) is 316 cm³/mol. The molecule has 0 unspecified atom stereocenters. The molecule has 11 aromatic rings. The van der Waals surface area contributed by atoms with Crippen molar-refractivity contribution in [1.29, 1.82) is 0 Å². The molecular weight excluding hydrogens is 937 g/mol. The van der Waals surface area contributed by atoms with E-state index in [1.807, 2.05) is 0 Å². The SMILES string of the molecule is Sn1c2cc3nc(cc4c(-c5ccccc5)c(-c5ccccc5)c(c(-c5ccccc5)c5nc(c(-c6ccccc6)c1c(-c1ccccc1)c2-c1ccccc1)C(c1ccccc1)=C5c1ccccc1)n4S)C=C3. The van der Waals surface area contributed by atoms with Crippen LogP contribution in [-0.2, 0) is 0 Å². The molecule has 0 amide bonds. The first-order valence-corrected chi connectivity index (χ1v) is 25.6. The van der Waals surface area contributed by atoms with E-state index < -0.39 is 0 Å². The van der Waals surface area contributed by atoms with Crippen LogP contribution >= 0.6 is 25.6 Å². The third kappa shape index (κ3) is 7.84. The van der Waals surface area contributed by atoms with Crippen molar-refractivity contribution in [1.82, 2.24) is 17.9 Å². The molecule has 0 saturated heterocycles. The smallest absolute Gasteiger partial charge is 0.0822 e. The van der Waals surface area contributed by atoms with Crippen molar-refractivity contribution in [3.05, 3.63) is 289 Å². The van der Waals surface area contributed by atoms with Crippen LogP contribution in [0.2, 0.25) is 0 Å². The van der Waals surface area contributed by atoms with Gasteiger partial charge in [0.1, 0.15) is 0 Å². The van der Waals surface area contributed by atoms with E-state index in [9.17, 15) is 0 Å². The first-order chi connectivity index (χ1) is 36.6. The Morgan fingerprint density at radius 1 is 0.257 bits per heavy atom. The Balaban J connectivity index is 1.40. The van der Waals surface area contributed by atoms with Crippen LogP contribution < -0.4 is 0 Å². The van der Waals surface area contributed by atoms with Gasteiger partial charge in [0.05, 0.1) is 44.8 Å². The third-order valence-electron chi connectivity index (χ3n) is 14.0. The molecule has 0 radical (unpaired) electrons. The van der Waals surface area contributed by atoms with Gasteiger partial charge in [-0.1, -0.05) is 268 Å². The molecule has 5 heterocycles. The van der Waals surface area contributed by atoms with E-state index >= 15 is 0 Å². The molecule has 0 aliphatic carbocycles. The van der Waals surface area contributed by atoms with Crippen LogP contribution in [0.4, 0.5) is 0 Å². The van der Waals surface area contributed by atoms with Gasteiger partial charge in [-0.3, -0.25) is 7.94 Å². The lowest BCUT2D eigenvalue weighted by atomic mass is 9.86. The first-order valence-electron chi connectivity index (χ1n) is 24.8. The molecule has 13 rings (SSSR count). The van der Waals surface area contributed by atoms with E-state index in [2.05, 4.69) is 275 Å². The monoisotopic (exact) mass is 982 g/mol. The lowest BCUT2D eigenvalue weighted by Crippen LogP contribution is -1.96. The molecule has 3 aromatic heterocycles. The van der Waals surface area contributed by atoms with Crippen LogP contribution in [0.15, 0.2) is 255 Å². The van der Waals surface area contributed by atoms with Gasteiger partial charge in [0.2, 0.25) is 0 Å². The Hall–Kier alpha value is -8.94. The molecule has 4 nitrogen and oxygen atoms in total. The number of hydrogen-bond acceptors (Lipinski definition) is 4. The Labute approximate surface area is 441 Å². The van der Waals surface area contributed by atoms with Crippen molar-refractivity contribution >= 4 is 71.0 Å². The van der Waals surface area contributed by atoms with Gasteiger partial charge < -0.3 is 0 Å². The highest BCUT2D eigenvalue weighted by molar-refractivity contribution is 7.79.